The van der Waals surface area contributed by atoms with E-state index in [-0.39, 0.29) is 0 Å². The summed E-state index contributed by atoms with van der Waals surface area (Å²) in [5, 5.41) is 4.29. The molecule has 7 heteroatoms. The van der Waals surface area contributed by atoms with E-state index in [1.54, 1.807) is 12.3 Å². The van der Waals surface area contributed by atoms with Crippen LogP contribution in [0.2, 0.25) is 0 Å². The number of piperazine rings is 1. The van der Waals surface area contributed by atoms with Crippen molar-refractivity contribution in [2.45, 2.75) is 26.4 Å². The second-order valence-electron chi connectivity index (χ2n) is 8.11. The average molecular weight is 394 g/mol. The number of anilines is 1. The van der Waals surface area contributed by atoms with Gasteiger partial charge in [-0.3, -0.25) is 0 Å². The fourth-order valence-corrected chi connectivity index (χ4v) is 3.32. The number of esters is 1. The van der Waals surface area contributed by atoms with Gasteiger partial charge in [-0.2, -0.15) is 0 Å². The number of carbonyl (C=O) groups is 1. The Morgan fingerprint density at radius 3 is 2.69 bits per heavy atom. The highest BCUT2D eigenvalue weighted by Crippen LogP contribution is 2.32. The first-order valence-electron chi connectivity index (χ1n) is 9.83. The molecule has 1 fully saturated rings. The van der Waals surface area contributed by atoms with Gasteiger partial charge in [0, 0.05) is 49.5 Å². The van der Waals surface area contributed by atoms with E-state index >= 15 is 0 Å². The lowest BCUT2D eigenvalue weighted by molar-refractivity contribution is 0.00672. The Morgan fingerprint density at radius 2 is 1.93 bits per heavy atom. The van der Waals surface area contributed by atoms with Gasteiger partial charge in [0.05, 0.1) is 6.20 Å². The van der Waals surface area contributed by atoms with Crippen molar-refractivity contribution >= 4 is 22.7 Å². The van der Waals surface area contributed by atoms with Crippen LogP contribution in [-0.4, -0.2) is 47.7 Å². The van der Waals surface area contributed by atoms with Gasteiger partial charge in [-0.1, -0.05) is 0 Å². The van der Waals surface area contributed by atoms with Crippen LogP contribution in [0.4, 0.5) is 5.69 Å². The molecule has 0 aliphatic carbocycles. The normalized spacial score (nSPS) is 14.8. The maximum atomic E-state index is 12.8. The third kappa shape index (κ3) is 4.51. The predicted molar refractivity (Wildman–Crippen MR) is 113 cm³/mol. The Hall–Kier alpha value is -3.06. The molecule has 2 aromatic heterocycles. The monoisotopic (exact) mass is 394 g/mol. The SMILES string of the molecule is CC(C)(C)OC(=O)c1ccc(N2CCNCC2)cc1Oc1cnc2[nH]ccc2c1. The molecule has 0 spiro atoms. The minimum atomic E-state index is -0.586. The molecule has 0 saturated carbocycles. The molecule has 152 valence electrons. The van der Waals surface area contributed by atoms with Crippen LogP contribution in [0, 0.1) is 0 Å². The maximum absolute atomic E-state index is 12.8. The number of carbonyl (C=O) groups excluding carboxylic acids is 1. The fraction of sp³-hybridized carbons (Fsp3) is 0.364. The van der Waals surface area contributed by atoms with Gasteiger partial charge in [-0.05, 0) is 45.0 Å². The summed E-state index contributed by atoms with van der Waals surface area (Å²) in [6, 6.07) is 9.47. The zero-order chi connectivity index (χ0) is 20.4. The summed E-state index contributed by atoms with van der Waals surface area (Å²) >= 11 is 0. The predicted octanol–water partition coefficient (Wildman–Crippen LogP) is 3.72. The van der Waals surface area contributed by atoms with Gasteiger partial charge in [0.15, 0.2) is 0 Å². The molecule has 4 rings (SSSR count). The summed E-state index contributed by atoms with van der Waals surface area (Å²) in [6.07, 6.45) is 3.48. The molecule has 1 aliphatic rings. The van der Waals surface area contributed by atoms with Crippen LogP contribution in [0.1, 0.15) is 31.1 Å². The summed E-state index contributed by atoms with van der Waals surface area (Å²) < 4.78 is 11.7. The van der Waals surface area contributed by atoms with Gasteiger partial charge in [0.25, 0.3) is 0 Å². The van der Waals surface area contributed by atoms with Crippen LogP contribution in [-0.2, 0) is 4.74 Å². The molecule has 1 saturated heterocycles. The first-order chi connectivity index (χ1) is 13.9. The zero-order valence-corrected chi connectivity index (χ0v) is 17.0. The number of aromatic nitrogens is 2. The molecule has 0 bridgehead atoms. The standard InChI is InChI=1S/C22H26N4O3/c1-22(2,3)29-21(27)18-5-4-16(26-10-8-23-9-11-26)13-19(18)28-17-12-15-6-7-24-20(15)25-14-17/h4-7,12-14,23H,8-11H2,1-3H3,(H,24,25). The van der Waals surface area contributed by atoms with E-state index in [0.29, 0.717) is 17.1 Å². The zero-order valence-electron chi connectivity index (χ0n) is 17.0. The molecule has 1 aromatic carbocycles. The number of ether oxygens (including phenoxy) is 2. The van der Waals surface area contributed by atoms with Crippen molar-refractivity contribution < 1.29 is 14.3 Å². The topological polar surface area (TPSA) is 79.5 Å². The van der Waals surface area contributed by atoms with Crippen molar-refractivity contribution in [3.8, 4) is 11.5 Å². The number of benzene rings is 1. The second kappa shape index (κ2) is 7.75. The van der Waals surface area contributed by atoms with Gasteiger partial charge in [0.1, 0.15) is 28.3 Å². The smallest absolute Gasteiger partial charge is 0.342 e. The highest BCUT2D eigenvalue weighted by molar-refractivity contribution is 5.93. The minimum Gasteiger partial charge on any atom is -0.456 e. The lowest BCUT2D eigenvalue weighted by Gasteiger charge is -2.30. The van der Waals surface area contributed by atoms with Crippen LogP contribution in [0.5, 0.6) is 11.5 Å². The molecule has 7 nitrogen and oxygen atoms in total. The van der Waals surface area contributed by atoms with Crippen LogP contribution in [0.15, 0.2) is 42.7 Å². The highest BCUT2D eigenvalue weighted by Gasteiger charge is 2.23. The van der Waals surface area contributed by atoms with Crippen molar-refractivity contribution in [1.82, 2.24) is 15.3 Å². The van der Waals surface area contributed by atoms with E-state index in [0.717, 1.165) is 42.9 Å². The van der Waals surface area contributed by atoms with E-state index < -0.39 is 11.6 Å². The Balaban J connectivity index is 1.69. The molecular formula is C22H26N4O3. The van der Waals surface area contributed by atoms with Gasteiger partial charge in [0.2, 0.25) is 0 Å². The Morgan fingerprint density at radius 1 is 1.14 bits per heavy atom. The second-order valence-corrected chi connectivity index (χ2v) is 8.11. The van der Waals surface area contributed by atoms with E-state index in [4.69, 9.17) is 9.47 Å². The van der Waals surface area contributed by atoms with Gasteiger partial charge >= 0.3 is 5.97 Å². The van der Waals surface area contributed by atoms with Crippen molar-refractivity contribution in [3.05, 3.63) is 48.3 Å². The highest BCUT2D eigenvalue weighted by atomic mass is 16.6. The third-order valence-corrected chi connectivity index (χ3v) is 4.67. The van der Waals surface area contributed by atoms with E-state index in [2.05, 4.69) is 20.2 Å². The lowest BCUT2D eigenvalue weighted by atomic mass is 10.1. The quantitative estimate of drug-likeness (QED) is 0.657. The van der Waals surface area contributed by atoms with Gasteiger partial charge in [-0.25, -0.2) is 9.78 Å². The Labute approximate surface area is 170 Å². The summed E-state index contributed by atoms with van der Waals surface area (Å²) in [4.78, 5) is 22.5. The van der Waals surface area contributed by atoms with Crippen LogP contribution < -0.4 is 15.0 Å². The first-order valence-corrected chi connectivity index (χ1v) is 9.83. The molecular weight excluding hydrogens is 368 g/mol. The number of H-pyrrole nitrogens is 1. The van der Waals surface area contributed by atoms with Crippen LogP contribution >= 0.6 is 0 Å². The van der Waals surface area contributed by atoms with E-state index in [1.807, 2.05) is 51.2 Å². The molecule has 1 aliphatic heterocycles. The molecule has 3 aromatic rings. The molecule has 2 N–H and O–H groups in total. The molecule has 0 radical (unpaired) electrons. The summed E-state index contributed by atoms with van der Waals surface area (Å²) in [5.74, 6) is 0.626. The maximum Gasteiger partial charge on any atom is 0.342 e. The molecule has 3 heterocycles. The molecule has 29 heavy (non-hydrogen) atoms. The largest absolute Gasteiger partial charge is 0.456 e. The minimum absolute atomic E-state index is 0.396. The first kappa shape index (κ1) is 19.3. The van der Waals surface area contributed by atoms with Crippen LogP contribution in [0.3, 0.4) is 0 Å². The fourth-order valence-electron chi connectivity index (χ4n) is 3.32. The third-order valence-electron chi connectivity index (χ3n) is 4.67. The Bertz CT molecular complexity index is 1020. The average Bonchev–Trinajstić information content (AvgIpc) is 3.15. The number of aromatic amines is 1. The number of hydrogen-bond acceptors (Lipinski definition) is 6. The van der Waals surface area contributed by atoms with Gasteiger partial charge in [-0.15, -0.1) is 0 Å². The Kier molecular flexibility index (Phi) is 5.15. The summed E-state index contributed by atoms with van der Waals surface area (Å²) in [6.45, 7) is 9.22. The van der Waals surface area contributed by atoms with Gasteiger partial charge < -0.3 is 24.7 Å². The number of fused-ring (bicyclic) bond motifs is 1. The number of nitrogens with one attached hydrogen (secondary N) is 2. The van der Waals surface area contributed by atoms with Crippen LogP contribution in [0.25, 0.3) is 11.0 Å². The van der Waals surface area contributed by atoms with Crippen molar-refractivity contribution in [2.24, 2.45) is 0 Å². The number of hydrogen-bond donors (Lipinski definition) is 2. The lowest BCUT2D eigenvalue weighted by Crippen LogP contribution is -2.43. The van der Waals surface area contributed by atoms with Crippen molar-refractivity contribution in [1.29, 1.82) is 0 Å². The molecule has 0 unspecified atom stereocenters. The summed E-state index contributed by atoms with van der Waals surface area (Å²) in [7, 11) is 0. The number of nitrogens with zero attached hydrogens (tertiary/aromatic N) is 2. The van der Waals surface area contributed by atoms with E-state index in [1.165, 1.54) is 0 Å². The molecule has 0 atom stereocenters. The van der Waals surface area contributed by atoms with Crippen molar-refractivity contribution in [3.63, 3.8) is 0 Å². The van der Waals surface area contributed by atoms with Crippen molar-refractivity contribution in [2.75, 3.05) is 31.1 Å². The molecule has 0 amide bonds. The summed E-state index contributed by atoms with van der Waals surface area (Å²) in [5.41, 5.74) is 1.62. The number of rotatable bonds is 4. The van der Waals surface area contributed by atoms with E-state index in [9.17, 15) is 4.79 Å². The number of pyridine rings is 1.